The molecule has 0 aromatic heterocycles. The van der Waals surface area contributed by atoms with Crippen LogP contribution >= 0.6 is 0 Å². The van der Waals surface area contributed by atoms with E-state index in [4.69, 9.17) is 4.74 Å². The number of hydrogen-bond donors (Lipinski definition) is 0. The van der Waals surface area contributed by atoms with Crippen molar-refractivity contribution in [3.8, 4) is 11.8 Å². The monoisotopic (exact) mass is 274 g/mol. The number of hydrogen-bond acceptors (Lipinski definition) is 5. The summed E-state index contributed by atoms with van der Waals surface area (Å²) in [6.45, 7) is 0. The van der Waals surface area contributed by atoms with Crippen molar-refractivity contribution in [2.24, 2.45) is 5.41 Å². The summed E-state index contributed by atoms with van der Waals surface area (Å²) in [7, 11) is 1.36. The van der Waals surface area contributed by atoms with Crippen LogP contribution in [-0.2, 0) is 11.2 Å². The molecule has 1 saturated carbocycles. The lowest BCUT2D eigenvalue weighted by Crippen LogP contribution is -2.26. The number of nitro groups is 1. The third kappa shape index (κ3) is 2.35. The van der Waals surface area contributed by atoms with Crippen molar-refractivity contribution in [2.45, 2.75) is 25.7 Å². The molecule has 0 aliphatic heterocycles. The third-order valence-electron chi connectivity index (χ3n) is 3.70. The first-order chi connectivity index (χ1) is 9.52. The van der Waals surface area contributed by atoms with Gasteiger partial charge >= 0.3 is 5.69 Å². The van der Waals surface area contributed by atoms with E-state index in [1.165, 1.54) is 19.2 Å². The van der Waals surface area contributed by atoms with E-state index in [2.05, 4.69) is 6.07 Å². The molecular weight excluding hydrogens is 260 g/mol. The Morgan fingerprint density at radius 3 is 2.80 bits per heavy atom. The molecule has 20 heavy (non-hydrogen) atoms. The average molecular weight is 274 g/mol. The molecule has 1 fully saturated rings. The molecule has 1 aliphatic carbocycles. The van der Waals surface area contributed by atoms with Gasteiger partial charge < -0.3 is 4.74 Å². The van der Waals surface area contributed by atoms with Crippen LogP contribution in [0.15, 0.2) is 18.2 Å². The molecule has 104 valence electrons. The van der Waals surface area contributed by atoms with Crippen LogP contribution < -0.4 is 4.74 Å². The fourth-order valence-electron chi connectivity index (χ4n) is 2.61. The Bertz CT molecular complexity index is 606. The van der Waals surface area contributed by atoms with E-state index in [1.54, 1.807) is 6.07 Å². The van der Waals surface area contributed by atoms with Gasteiger partial charge in [-0.15, -0.1) is 0 Å². The lowest BCUT2D eigenvalue weighted by atomic mass is 9.80. The number of nitro benzene ring substituents is 1. The number of benzene rings is 1. The van der Waals surface area contributed by atoms with Gasteiger partial charge in [0.2, 0.25) is 0 Å². The molecule has 1 unspecified atom stereocenters. The predicted molar refractivity (Wildman–Crippen MR) is 70.3 cm³/mol. The van der Waals surface area contributed by atoms with Crippen molar-refractivity contribution in [2.75, 3.05) is 7.11 Å². The van der Waals surface area contributed by atoms with Crippen LogP contribution in [-0.4, -0.2) is 17.8 Å². The molecule has 6 nitrogen and oxygen atoms in total. The first-order valence-electron chi connectivity index (χ1n) is 6.28. The molecule has 0 saturated heterocycles. The van der Waals surface area contributed by atoms with Gasteiger partial charge in [-0.3, -0.25) is 14.9 Å². The SMILES string of the molecule is COc1ccc(CC2(C#N)CCCC2=O)cc1[N+](=O)[O-]. The van der Waals surface area contributed by atoms with E-state index in [9.17, 15) is 20.2 Å². The lowest BCUT2D eigenvalue weighted by molar-refractivity contribution is -0.385. The maximum Gasteiger partial charge on any atom is 0.311 e. The van der Waals surface area contributed by atoms with Crippen molar-refractivity contribution in [1.29, 1.82) is 5.26 Å². The Morgan fingerprint density at radius 1 is 1.55 bits per heavy atom. The van der Waals surface area contributed by atoms with Gasteiger partial charge in [-0.25, -0.2) is 0 Å². The molecule has 0 bridgehead atoms. The summed E-state index contributed by atoms with van der Waals surface area (Å²) in [6.07, 6.45) is 1.84. The lowest BCUT2D eigenvalue weighted by Gasteiger charge is -2.18. The first-order valence-corrected chi connectivity index (χ1v) is 6.28. The molecule has 6 heteroatoms. The zero-order chi connectivity index (χ0) is 14.8. The van der Waals surface area contributed by atoms with Crippen LogP contribution in [0.4, 0.5) is 5.69 Å². The standard InChI is InChI=1S/C14H14N2O4/c1-20-12-5-4-10(7-11(12)16(18)19)8-14(9-15)6-2-3-13(14)17/h4-5,7H,2-3,6,8H2,1H3. The fraction of sp³-hybridized carbons (Fsp3) is 0.429. The zero-order valence-electron chi connectivity index (χ0n) is 11.1. The second-order valence-electron chi connectivity index (χ2n) is 4.91. The number of carbonyl (C=O) groups is 1. The van der Waals surface area contributed by atoms with E-state index >= 15 is 0 Å². The largest absolute Gasteiger partial charge is 0.490 e. The van der Waals surface area contributed by atoms with Crippen LogP contribution in [0.2, 0.25) is 0 Å². The van der Waals surface area contributed by atoms with Crippen molar-refractivity contribution < 1.29 is 14.5 Å². The molecule has 1 aromatic rings. The van der Waals surface area contributed by atoms with Gasteiger partial charge in [0.05, 0.1) is 18.1 Å². The highest BCUT2D eigenvalue weighted by molar-refractivity contribution is 5.89. The van der Waals surface area contributed by atoms with Crippen molar-refractivity contribution >= 4 is 11.5 Å². The fourth-order valence-corrected chi connectivity index (χ4v) is 2.61. The number of nitriles is 1. The highest BCUT2D eigenvalue weighted by Crippen LogP contribution is 2.38. The summed E-state index contributed by atoms with van der Waals surface area (Å²) in [5, 5.41) is 20.3. The minimum absolute atomic E-state index is 0.0709. The van der Waals surface area contributed by atoms with Crippen LogP contribution in [0.3, 0.4) is 0 Å². The van der Waals surface area contributed by atoms with E-state index in [1.807, 2.05) is 0 Å². The topological polar surface area (TPSA) is 93.2 Å². The molecule has 0 heterocycles. The Balaban J connectivity index is 2.35. The predicted octanol–water partition coefficient (Wildman–Crippen LogP) is 2.41. The van der Waals surface area contributed by atoms with Gasteiger partial charge in [0.1, 0.15) is 5.41 Å². The van der Waals surface area contributed by atoms with Gasteiger partial charge in [-0.1, -0.05) is 6.07 Å². The highest BCUT2D eigenvalue weighted by atomic mass is 16.6. The molecule has 0 radical (unpaired) electrons. The summed E-state index contributed by atoms with van der Waals surface area (Å²) in [5.74, 6) is 0.0981. The molecule has 2 rings (SSSR count). The minimum Gasteiger partial charge on any atom is -0.490 e. The quantitative estimate of drug-likeness (QED) is 0.620. The maximum absolute atomic E-state index is 11.9. The number of nitrogens with zero attached hydrogens (tertiary/aromatic N) is 2. The average Bonchev–Trinajstić information content (AvgIpc) is 2.80. The molecule has 1 aromatic carbocycles. The number of ether oxygens (including phenoxy) is 1. The van der Waals surface area contributed by atoms with E-state index in [-0.39, 0.29) is 23.6 Å². The molecule has 0 spiro atoms. The number of Topliss-reactive ketones (excluding diaryl/α,β-unsaturated/α-hetero) is 1. The molecule has 0 N–H and O–H groups in total. The summed E-state index contributed by atoms with van der Waals surface area (Å²) in [6, 6.07) is 6.64. The van der Waals surface area contributed by atoms with Gasteiger partial charge in [-0.05, 0) is 30.9 Å². The van der Waals surface area contributed by atoms with Gasteiger partial charge in [0, 0.05) is 12.5 Å². The van der Waals surface area contributed by atoms with E-state index < -0.39 is 10.3 Å². The highest BCUT2D eigenvalue weighted by Gasteiger charge is 2.42. The number of rotatable bonds is 4. The third-order valence-corrected chi connectivity index (χ3v) is 3.70. The van der Waals surface area contributed by atoms with Gasteiger partial charge in [0.25, 0.3) is 0 Å². The van der Waals surface area contributed by atoms with E-state index in [0.717, 1.165) is 0 Å². The Labute approximate surface area is 116 Å². The number of ketones is 1. The van der Waals surface area contributed by atoms with Gasteiger partial charge in [0.15, 0.2) is 11.5 Å². The second kappa shape index (κ2) is 5.29. The number of carbonyl (C=O) groups excluding carboxylic acids is 1. The number of methoxy groups -OCH3 is 1. The summed E-state index contributed by atoms with van der Waals surface area (Å²) < 4.78 is 4.93. The summed E-state index contributed by atoms with van der Waals surface area (Å²) in [4.78, 5) is 22.3. The molecular formula is C14H14N2O4. The van der Waals surface area contributed by atoms with E-state index in [0.29, 0.717) is 24.8 Å². The summed E-state index contributed by atoms with van der Waals surface area (Å²) in [5.41, 5.74) is -0.569. The van der Waals surface area contributed by atoms with Crippen molar-refractivity contribution in [3.63, 3.8) is 0 Å². The van der Waals surface area contributed by atoms with Crippen LogP contribution in [0.5, 0.6) is 5.75 Å². The Kier molecular flexibility index (Phi) is 3.70. The minimum atomic E-state index is -1.03. The Morgan fingerprint density at radius 2 is 2.30 bits per heavy atom. The van der Waals surface area contributed by atoms with Crippen molar-refractivity contribution in [1.82, 2.24) is 0 Å². The Hall–Kier alpha value is -2.42. The van der Waals surface area contributed by atoms with Crippen LogP contribution in [0.25, 0.3) is 0 Å². The molecule has 1 aliphatic rings. The second-order valence-corrected chi connectivity index (χ2v) is 4.91. The van der Waals surface area contributed by atoms with Crippen LogP contribution in [0, 0.1) is 26.9 Å². The van der Waals surface area contributed by atoms with Crippen LogP contribution in [0.1, 0.15) is 24.8 Å². The normalized spacial score (nSPS) is 21.5. The van der Waals surface area contributed by atoms with Gasteiger partial charge in [-0.2, -0.15) is 5.26 Å². The maximum atomic E-state index is 11.9. The van der Waals surface area contributed by atoms with Crippen molar-refractivity contribution in [3.05, 3.63) is 33.9 Å². The zero-order valence-corrected chi connectivity index (χ0v) is 11.1. The smallest absolute Gasteiger partial charge is 0.311 e. The first kappa shape index (κ1) is 14.0. The summed E-state index contributed by atoms with van der Waals surface area (Å²) >= 11 is 0. The molecule has 0 amide bonds. The molecule has 1 atom stereocenters.